The Balaban J connectivity index is 2.27. The molecular formula is C11H19NO4. The normalized spacial score (nSPS) is 17.9. The van der Waals surface area contributed by atoms with Crippen LogP contribution in [0.25, 0.3) is 0 Å². The van der Waals surface area contributed by atoms with E-state index in [0.717, 1.165) is 12.8 Å². The second kappa shape index (κ2) is 4.82. The number of carboxylic acid groups (broad SMARTS) is 1. The summed E-state index contributed by atoms with van der Waals surface area (Å²) in [4.78, 5) is 22.2. The molecule has 92 valence electrons. The first-order chi connectivity index (χ1) is 7.33. The number of aliphatic hydroxyl groups excluding tert-OH is 1. The highest BCUT2D eigenvalue weighted by atomic mass is 16.4. The van der Waals surface area contributed by atoms with Crippen LogP contribution in [0.4, 0.5) is 0 Å². The fourth-order valence-corrected chi connectivity index (χ4v) is 1.41. The molecule has 0 aromatic rings. The summed E-state index contributed by atoms with van der Waals surface area (Å²) in [7, 11) is 0. The van der Waals surface area contributed by atoms with Crippen molar-refractivity contribution in [3.8, 4) is 0 Å². The van der Waals surface area contributed by atoms with E-state index in [0.29, 0.717) is 5.92 Å². The summed E-state index contributed by atoms with van der Waals surface area (Å²) in [6.45, 7) is 3.23. The van der Waals surface area contributed by atoms with Crippen molar-refractivity contribution in [1.29, 1.82) is 0 Å². The summed E-state index contributed by atoms with van der Waals surface area (Å²) in [6.07, 6.45) is 1.46. The van der Waals surface area contributed by atoms with Crippen molar-refractivity contribution in [2.45, 2.75) is 39.2 Å². The number of nitrogens with one attached hydrogen (secondary N) is 1. The van der Waals surface area contributed by atoms with Crippen LogP contribution in [0.3, 0.4) is 0 Å². The van der Waals surface area contributed by atoms with Crippen molar-refractivity contribution in [3.63, 3.8) is 0 Å². The monoisotopic (exact) mass is 229 g/mol. The number of hydrogen-bond acceptors (Lipinski definition) is 3. The zero-order valence-corrected chi connectivity index (χ0v) is 9.69. The van der Waals surface area contributed by atoms with Gasteiger partial charge in [0.25, 0.3) is 0 Å². The van der Waals surface area contributed by atoms with Gasteiger partial charge in [-0.25, -0.2) is 0 Å². The van der Waals surface area contributed by atoms with Crippen LogP contribution in [0.5, 0.6) is 0 Å². The zero-order chi connectivity index (χ0) is 12.3. The average molecular weight is 229 g/mol. The minimum Gasteiger partial charge on any atom is -0.481 e. The number of carbonyl (C=O) groups excluding carboxylic acids is 1. The predicted molar refractivity (Wildman–Crippen MR) is 57.8 cm³/mol. The molecule has 0 bridgehead atoms. The lowest BCUT2D eigenvalue weighted by atomic mass is 9.89. The molecule has 1 aliphatic carbocycles. The molecule has 0 heterocycles. The predicted octanol–water partition coefficient (Wildman–Crippen LogP) is 0.374. The zero-order valence-electron chi connectivity index (χ0n) is 9.69. The van der Waals surface area contributed by atoms with Gasteiger partial charge in [-0.3, -0.25) is 9.59 Å². The molecule has 5 heteroatoms. The van der Waals surface area contributed by atoms with Crippen LogP contribution in [0, 0.1) is 11.3 Å². The minimum atomic E-state index is -1.06. The van der Waals surface area contributed by atoms with Gasteiger partial charge in [0.2, 0.25) is 5.91 Å². The molecule has 3 N–H and O–H groups in total. The first kappa shape index (κ1) is 13.0. The fourth-order valence-electron chi connectivity index (χ4n) is 1.41. The summed E-state index contributed by atoms with van der Waals surface area (Å²) in [5.74, 6) is -1.01. The van der Waals surface area contributed by atoms with Crippen LogP contribution in [0.15, 0.2) is 0 Å². The van der Waals surface area contributed by atoms with Crippen LogP contribution >= 0.6 is 0 Å². The van der Waals surface area contributed by atoms with Crippen LogP contribution in [0.2, 0.25) is 0 Å². The maximum Gasteiger partial charge on any atom is 0.309 e. The second-order valence-corrected chi connectivity index (χ2v) is 5.07. The highest BCUT2D eigenvalue weighted by Gasteiger charge is 2.32. The lowest BCUT2D eigenvalue weighted by Gasteiger charge is -2.19. The van der Waals surface area contributed by atoms with Gasteiger partial charge in [-0.05, 0) is 32.6 Å². The van der Waals surface area contributed by atoms with Crippen molar-refractivity contribution >= 4 is 11.9 Å². The van der Waals surface area contributed by atoms with E-state index < -0.39 is 17.5 Å². The Morgan fingerprint density at radius 2 is 2.00 bits per heavy atom. The number of amides is 1. The van der Waals surface area contributed by atoms with Gasteiger partial charge in [-0.15, -0.1) is 0 Å². The van der Waals surface area contributed by atoms with E-state index in [1.54, 1.807) is 0 Å². The van der Waals surface area contributed by atoms with Gasteiger partial charge < -0.3 is 15.5 Å². The van der Waals surface area contributed by atoms with Gasteiger partial charge in [0.15, 0.2) is 0 Å². The number of carbonyl (C=O) groups is 2. The van der Waals surface area contributed by atoms with E-state index in [1.807, 2.05) is 0 Å². The summed E-state index contributed by atoms with van der Waals surface area (Å²) in [5.41, 5.74) is -1.06. The van der Waals surface area contributed by atoms with Crippen molar-refractivity contribution in [3.05, 3.63) is 0 Å². The van der Waals surface area contributed by atoms with E-state index in [9.17, 15) is 14.7 Å². The highest BCUT2D eigenvalue weighted by Crippen LogP contribution is 2.32. The largest absolute Gasteiger partial charge is 0.481 e. The number of carboxylic acids is 1. The Morgan fingerprint density at radius 1 is 1.44 bits per heavy atom. The molecule has 1 fully saturated rings. The molecule has 0 aromatic heterocycles. The quantitative estimate of drug-likeness (QED) is 0.614. The Hall–Kier alpha value is -1.10. The molecule has 0 aliphatic heterocycles. The van der Waals surface area contributed by atoms with E-state index in [1.165, 1.54) is 13.8 Å². The van der Waals surface area contributed by atoms with Gasteiger partial charge in [0.05, 0.1) is 11.5 Å². The van der Waals surface area contributed by atoms with Crippen molar-refractivity contribution in [2.75, 3.05) is 6.54 Å². The van der Waals surface area contributed by atoms with E-state index >= 15 is 0 Å². The smallest absolute Gasteiger partial charge is 0.309 e. The summed E-state index contributed by atoms with van der Waals surface area (Å²) in [5, 5.41) is 20.9. The first-order valence-corrected chi connectivity index (χ1v) is 5.51. The number of rotatable bonds is 6. The van der Waals surface area contributed by atoms with Gasteiger partial charge in [-0.1, -0.05) is 0 Å². The molecule has 1 rings (SSSR count). The third-order valence-electron chi connectivity index (χ3n) is 2.86. The second-order valence-electron chi connectivity index (χ2n) is 5.07. The van der Waals surface area contributed by atoms with Gasteiger partial charge in [0, 0.05) is 13.0 Å². The first-order valence-electron chi connectivity index (χ1n) is 5.51. The number of aliphatic hydroxyl groups is 1. The van der Waals surface area contributed by atoms with Gasteiger partial charge >= 0.3 is 5.97 Å². The fraction of sp³-hybridized carbons (Fsp3) is 0.818. The van der Waals surface area contributed by atoms with Crippen LogP contribution < -0.4 is 5.32 Å². The Morgan fingerprint density at radius 3 is 2.44 bits per heavy atom. The molecule has 1 unspecified atom stereocenters. The maximum absolute atomic E-state index is 11.4. The molecule has 16 heavy (non-hydrogen) atoms. The van der Waals surface area contributed by atoms with Gasteiger partial charge in [0.1, 0.15) is 0 Å². The van der Waals surface area contributed by atoms with Crippen LogP contribution in [0.1, 0.15) is 33.1 Å². The van der Waals surface area contributed by atoms with E-state index in [-0.39, 0.29) is 18.9 Å². The average Bonchev–Trinajstić information content (AvgIpc) is 2.96. The molecular weight excluding hydrogens is 210 g/mol. The molecule has 0 aromatic carbocycles. The highest BCUT2D eigenvalue weighted by molar-refractivity contribution is 5.84. The molecule has 1 atom stereocenters. The molecule has 5 nitrogen and oxygen atoms in total. The number of hydrogen-bond donors (Lipinski definition) is 3. The Labute approximate surface area is 94.8 Å². The third kappa shape index (κ3) is 3.81. The summed E-state index contributed by atoms with van der Waals surface area (Å²) < 4.78 is 0. The van der Waals surface area contributed by atoms with Crippen molar-refractivity contribution < 1.29 is 19.8 Å². The Bertz CT molecular complexity index is 284. The molecule has 0 saturated heterocycles. The number of aliphatic carboxylic acids is 1. The van der Waals surface area contributed by atoms with Crippen LogP contribution in [-0.4, -0.2) is 34.7 Å². The van der Waals surface area contributed by atoms with Gasteiger partial charge in [-0.2, -0.15) is 0 Å². The maximum atomic E-state index is 11.4. The van der Waals surface area contributed by atoms with Crippen molar-refractivity contribution in [2.24, 2.45) is 11.3 Å². The molecule has 0 spiro atoms. The summed E-state index contributed by atoms with van der Waals surface area (Å²) >= 11 is 0. The summed E-state index contributed by atoms with van der Waals surface area (Å²) in [6, 6.07) is 0. The minimum absolute atomic E-state index is 0.0697. The molecule has 1 amide bonds. The lowest BCUT2D eigenvalue weighted by molar-refractivity contribution is -0.149. The van der Waals surface area contributed by atoms with E-state index in [4.69, 9.17) is 5.11 Å². The van der Waals surface area contributed by atoms with Crippen molar-refractivity contribution in [1.82, 2.24) is 5.32 Å². The van der Waals surface area contributed by atoms with Crippen LogP contribution in [-0.2, 0) is 9.59 Å². The Kier molecular flexibility index (Phi) is 3.91. The third-order valence-corrected chi connectivity index (χ3v) is 2.86. The SMILES string of the molecule is CC(C)(CC(=O)NCC(O)C1CC1)C(=O)O. The molecule has 0 radical (unpaired) electrons. The molecule has 1 saturated carbocycles. The lowest BCUT2D eigenvalue weighted by Crippen LogP contribution is -2.37. The molecule has 1 aliphatic rings. The topological polar surface area (TPSA) is 86.6 Å². The standard InChI is InChI=1S/C11H19NO4/c1-11(2,10(15)16)5-9(14)12-6-8(13)7-3-4-7/h7-8,13H,3-6H2,1-2H3,(H,12,14)(H,15,16). The van der Waals surface area contributed by atoms with E-state index in [2.05, 4.69) is 5.32 Å².